The van der Waals surface area contributed by atoms with Crippen molar-refractivity contribution in [3.8, 4) is 0 Å². The van der Waals surface area contributed by atoms with Gasteiger partial charge in [-0.1, -0.05) is 13.8 Å². The predicted octanol–water partition coefficient (Wildman–Crippen LogP) is 3.69. The first-order chi connectivity index (χ1) is 7.91. The van der Waals surface area contributed by atoms with Crippen LogP contribution in [0.15, 0.2) is 21.4 Å². The minimum absolute atomic E-state index is 0.0400. The topological polar surface area (TPSA) is 32.9 Å². The number of benzene rings is 1. The summed E-state index contributed by atoms with van der Waals surface area (Å²) in [5.74, 6) is -1.34. The van der Waals surface area contributed by atoms with E-state index in [4.69, 9.17) is 0 Å². The van der Waals surface area contributed by atoms with Crippen molar-refractivity contribution in [2.24, 2.45) is 0 Å². The third-order valence-electron chi connectivity index (χ3n) is 2.60. The molecule has 0 saturated carbocycles. The minimum Gasteiger partial charge on any atom is -0.355 e. The number of hydrogen-bond donors (Lipinski definition) is 1. The number of nitrogens with one attached hydrogen (secondary N) is 1. The van der Waals surface area contributed by atoms with Gasteiger partial charge in [-0.15, -0.1) is 0 Å². The lowest BCUT2D eigenvalue weighted by molar-refractivity contribution is 0.608. The van der Waals surface area contributed by atoms with Crippen LogP contribution in [0.25, 0.3) is 10.9 Å². The fourth-order valence-corrected chi connectivity index (χ4v) is 2.05. The molecule has 2 aromatic rings. The minimum atomic E-state index is -0.738. The van der Waals surface area contributed by atoms with Crippen molar-refractivity contribution in [3.63, 3.8) is 0 Å². The van der Waals surface area contributed by atoms with Crippen LogP contribution in [-0.4, -0.2) is 4.98 Å². The smallest absolute Gasteiger partial charge is 0.192 e. The molecule has 1 aromatic carbocycles. The van der Waals surface area contributed by atoms with Crippen LogP contribution in [0, 0.1) is 11.6 Å². The molecule has 0 unspecified atom stereocenters. The van der Waals surface area contributed by atoms with Gasteiger partial charge in [-0.25, -0.2) is 8.78 Å². The molecule has 0 fully saturated rings. The first-order valence-corrected chi connectivity index (χ1v) is 5.91. The molecule has 0 radical (unpaired) electrons. The molecule has 90 valence electrons. The van der Waals surface area contributed by atoms with Crippen LogP contribution in [0.5, 0.6) is 0 Å². The van der Waals surface area contributed by atoms with Gasteiger partial charge in [0.1, 0.15) is 5.82 Å². The van der Waals surface area contributed by atoms with Gasteiger partial charge in [-0.05, 0) is 27.9 Å². The Morgan fingerprint density at radius 3 is 2.53 bits per heavy atom. The zero-order valence-corrected chi connectivity index (χ0v) is 10.9. The summed E-state index contributed by atoms with van der Waals surface area (Å²) in [6, 6.07) is 2.32. The molecule has 17 heavy (non-hydrogen) atoms. The van der Waals surface area contributed by atoms with E-state index in [-0.39, 0.29) is 21.3 Å². The average molecular weight is 302 g/mol. The predicted molar refractivity (Wildman–Crippen MR) is 66.3 cm³/mol. The van der Waals surface area contributed by atoms with Crippen molar-refractivity contribution in [1.82, 2.24) is 4.98 Å². The van der Waals surface area contributed by atoms with Gasteiger partial charge >= 0.3 is 0 Å². The van der Waals surface area contributed by atoms with E-state index in [1.807, 2.05) is 13.8 Å². The van der Waals surface area contributed by atoms with Crippen LogP contribution in [0.3, 0.4) is 0 Å². The van der Waals surface area contributed by atoms with Gasteiger partial charge in [0.2, 0.25) is 0 Å². The number of aromatic amines is 1. The number of hydrogen-bond acceptors (Lipinski definition) is 1. The van der Waals surface area contributed by atoms with E-state index in [0.29, 0.717) is 5.69 Å². The highest BCUT2D eigenvalue weighted by molar-refractivity contribution is 9.10. The lowest BCUT2D eigenvalue weighted by Gasteiger charge is -2.09. The van der Waals surface area contributed by atoms with Gasteiger partial charge in [0.25, 0.3) is 0 Å². The summed E-state index contributed by atoms with van der Waals surface area (Å²) in [6.45, 7) is 3.73. The third kappa shape index (κ3) is 1.99. The summed E-state index contributed by atoms with van der Waals surface area (Å²) >= 11 is 2.88. The van der Waals surface area contributed by atoms with Crippen LogP contribution < -0.4 is 5.43 Å². The van der Waals surface area contributed by atoms with E-state index in [2.05, 4.69) is 20.9 Å². The fourth-order valence-electron chi connectivity index (χ4n) is 1.65. The molecule has 0 saturated heterocycles. The molecular weight excluding hydrogens is 292 g/mol. The molecule has 0 aliphatic carbocycles. The van der Waals surface area contributed by atoms with E-state index >= 15 is 0 Å². The van der Waals surface area contributed by atoms with Crippen LogP contribution in [0.2, 0.25) is 0 Å². The Morgan fingerprint density at radius 1 is 1.29 bits per heavy atom. The Bertz CT molecular complexity index is 649. The first-order valence-electron chi connectivity index (χ1n) is 5.12. The largest absolute Gasteiger partial charge is 0.355 e. The van der Waals surface area contributed by atoms with Gasteiger partial charge < -0.3 is 4.98 Å². The van der Waals surface area contributed by atoms with E-state index in [0.717, 1.165) is 6.07 Å². The second-order valence-electron chi connectivity index (χ2n) is 4.15. The Hall–Kier alpha value is -1.23. The molecule has 0 bridgehead atoms. The summed E-state index contributed by atoms with van der Waals surface area (Å²) in [7, 11) is 0. The summed E-state index contributed by atoms with van der Waals surface area (Å²) in [4.78, 5) is 14.5. The van der Waals surface area contributed by atoms with Gasteiger partial charge in [-0.3, -0.25) is 4.79 Å². The Morgan fingerprint density at radius 2 is 1.94 bits per heavy atom. The summed E-state index contributed by atoms with van der Waals surface area (Å²) in [5, 5.41) is -0.249. The zero-order chi connectivity index (χ0) is 12.7. The highest BCUT2D eigenvalue weighted by Gasteiger charge is 2.15. The molecule has 1 aromatic heterocycles. The molecule has 0 aliphatic heterocycles. The molecule has 0 atom stereocenters. The fraction of sp³-hybridized carbons (Fsp3) is 0.250. The van der Waals surface area contributed by atoms with Gasteiger partial charge in [0.05, 0.1) is 15.4 Å². The van der Waals surface area contributed by atoms with Crippen LogP contribution in [0.4, 0.5) is 8.78 Å². The van der Waals surface area contributed by atoms with E-state index in [1.54, 1.807) is 0 Å². The first kappa shape index (κ1) is 12.2. The number of aromatic nitrogens is 1. The number of fused-ring (bicyclic) bond motifs is 1. The standard InChI is InChI=1S/C12H10BrF2NO/c1-5(2)8-4-9(17)10-11(15)6(13)3-7(14)12(10)16-8/h3-5H,1-2H3,(H,16,17). The average Bonchev–Trinajstić information content (AvgIpc) is 2.25. The van der Waals surface area contributed by atoms with E-state index in [1.165, 1.54) is 6.07 Å². The second-order valence-corrected chi connectivity index (χ2v) is 5.00. The highest BCUT2D eigenvalue weighted by atomic mass is 79.9. The molecule has 5 heteroatoms. The Kier molecular flexibility index (Phi) is 3.03. The van der Waals surface area contributed by atoms with Crippen molar-refractivity contribution in [1.29, 1.82) is 0 Å². The maximum absolute atomic E-state index is 13.7. The number of pyridine rings is 1. The Labute approximate surface area is 105 Å². The van der Waals surface area contributed by atoms with Gasteiger partial charge in [0, 0.05) is 11.8 Å². The van der Waals surface area contributed by atoms with Gasteiger partial charge in [-0.2, -0.15) is 0 Å². The lowest BCUT2D eigenvalue weighted by Crippen LogP contribution is -2.09. The molecule has 1 heterocycles. The third-order valence-corrected chi connectivity index (χ3v) is 3.17. The van der Waals surface area contributed by atoms with E-state index in [9.17, 15) is 13.6 Å². The summed E-state index contributed by atoms with van der Waals surface area (Å²) in [6.07, 6.45) is 0. The number of rotatable bonds is 1. The maximum Gasteiger partial charge on any atom is 0.192 e. The summed E-state index contributed by atoms with van der Waals surface area (Å²) in [5.41, 5.74) is -0.00910. The van der Waals surface area contributed by atoms with Crippen LogP contribution in [0.1, 0.15) is 25.5 Å². The quantitative estimate of drug-likeness (QED) is 0.801. The van der Waals surface area contributed by atoms with Crippen molar-refractivity contribution in [3.05, 3.63) is 44.2 Å². The van der Waals surface area contributed by atoms with Crippen molar-refractivity contribution >= 4 is 26.8 Å². The normalized spacial score (nSPS) is 11.4. The number of halogens is 3. The van der Waals surface area contributed by atoms with Crippen molar-refractivity contribution < 1.29 is 8.78 Å². The van der Waals surface area contributed by atoms with Crippen LogP contribution >= 0.6 is 15.9 Å². The zero-order valence-electron chi connectivity index (χ0n) is 9.27. The molecular formula is C12H10BrF2NO. The Balaban J connectivity index is 2.96. The van der Waals surface area contributed by atoms with E-state index < -0.39 is 17.1 Å². The van der Waals surface area contributed by atoms with Crippen LogP contribution in [-0.2, 0) is 0 Å². The van der Waals surface area contributed by atoms with Crippen molar-refractivity contribution in [2.75, 3.05) is 0 Å². The SMILES string of the molecule is CC(C)c1cc(=O)c2c(F)c(Br)cc(F)c2[nH]1. The molecule has 1 N–H and O–H groups in total. The summed E-state index contributed by atoms with van der Waals surface area (Å²) < 4.78 is 27.4. The lowest BCUT2D eigenvalue weighted by atomic mass is 10.1. The molecule has 0 aliphatic rings. The van der Waals surface area contributed by atoms with Gasteiger partial charge in [0.15, 0.2) is 11.2 Å². The second kappa shape index (κ2) is 4.22. The maximum atomic E-state index is 13.7. The molecule has 2 nitrogen and oxygen atoms in total. The highest BCUT2D eigenvalue weighted by Crippen LogP contribution is 2.25. The number of H-pyrrole nitrogens is 1. The molecule has 0 amide bonds. The molecule has 2 rings (SSSR count). The monoisotopic (exact) mass is 301 g/mol. The van der Waals surface area contributed by atoms with Crippen molar-refractivity contribution in [2.45, 2.75) is 19.8 Å². The molecule has 0 spiro atoms.